The summed E-state index contributed by atoms with van der Waals surface area (Å²) in [6.07, 6.45) is 0. The summed E-state index contributed by atoms with van der Waals surface area (Å²) in [6, 6.07) is 18.7. The number of carbonyl (C=O) groups is 4. The van der Waals surface area contributed by atoms with Gasteiger partial charge in [0.05, 0.1) is 28.9 Å². The topological polar surface area (TPSA) is 92.8 Å². The van der Waals surface area contributed by atoms with Gasteiger partial charge in [0.1, 0.15) is 5.82 Å². The van der Waals surface area contributed by atoms with Gasteiger partial charge in [-0.25, -0.2) is 9.18 Å². The highest BCUT2D eigenvalue weighted by Crippen LogP contribution is 2.26. The van der Waals surface area contributed by atoms with Crippen LogP contribution in [0.3, 0.4) is 0 Å². The third kappa shape index (κ3) is 4.24. The summed E-state index contributed by atoms with van der Waals surface area (Å²) in [6.45, 7) is -0.527. The highest BCUT2D eigenvalue weighted by atomic mass is 19.1. The minimum atomic E-state index is -0.849. The first kappa shape index (κ1) is 20.9. The van der Waals surface area contributed by atoms with E-state index in [0.717, 1.165) is 10.5 Å². The number of halogens is 1. The summed E-state index contributed by atoms with van der Waals surface area (Å²) in [5.41, 5.74) is 1.07. The van der Waals surface area contributed by atoms with Crippen LogP contribution in [0.2, 0.25) is 0 Å². The lowest BCUT2D eigenvalue weighted by atomic mass is 10.1. The van der Waals surface area contributed by atoms with E-state index < -0.39 is 36.1 Å². The summed E-state index contributed by atoms with van der Waals surface area (Å²) in [5.74, 6) is -3.14. The van der Waals surface area contributed by atoms with Crippen LogP contribution in [0.15, 0.2) is 72.8 Å². The van der Waals surface area contributed by atoms with Crippen molar-refractivity contribution in [3.8, 4) is 0 Å². The number of benzene rings is 3. The molecule has 0 spiro atoms. The molecule has 0 radical (unpaired) electrons. The van der Waals surface area contributed by atoms with E-state index >= 15 is 0 Å². The molecule has 1 heterocycles. The zero-order valence-electron chi connectivity index (χ0n) is 16.7. The van der Waals surface area contributed by atoms with Gasteiger partial charge in [-0.15, -0.1) is 0 Å². The Hall–Kier alpha value is -4.33. The Morgan fingerprint density at radius 1 is 0.875 bits per heavy atom. The Morgan fingerprint density at radius 3 is 2.31 bits per heavy atom. The number of nitrogens with one attached hydrogen (secondary N) is 1. The fourth-order valence-electron chi connectivity index (χ4n) is 3.29. The number of esters is 1. The van der Waals surface area contributed by atoms with Crippen LogP contribution < -0.4 is 5.32 Å². The van der Waals surface area contributed by atoms with Crippen LogP contribution in [0, 0.1) is 5.82 Å². The first-order valence-electron chi connectivity index (χ1n) is 9.69. The third-order valence-electron chi connectivity index (χ3n) is 4.87. The van der Waals surface area contributed by atoms with E-state index in [1.165, 1.54) is 36.4 Å². The van der Waals surface area contributed by atoms with Crippen LogP contribution in [0.25, 0.3) is 0 Å². The van der Waals surface area contributed by atoms with Crippen LogP contribution in [0.1, 0.15) is 36.6 Å². The number of anilines is 1. The van der Waals surface area contributed by atoms with Gasteiger partial charge in [0.2, 0.25) is 0 Å². The van der Waals surface area contributed by atoms with Gasteiger partial charge in [0.25, 0.3) is 17.7 Å². The van der Waals surface area contributed by atoms with E-state index in [1.807, 2.05) is 18.2 Å². The molecule has 0 aliphatic carbocycles. The van der Waals surface area contributed by atoms with Crippen molar-refractivity contribution in [3.63, 3.8) is 0 Å². The van der Waals surface area contributed by atoms with Gasteiger partial charge in [-0.2, -0.15) is 0 Å². The molecule has 7 nitrogen and oxygen atoms in total. The molecule has 1 aliphatic heterocycles. The van der Waals surface area contributed by atoms with E-state index in [-0.39, 0.29) is 28.9 Å². The molecule has 3 amide bonds. The maximum atomic E-state index is 13.6. The van der Waals surface area contributed by atoms with Crippen molar-refractivity contribution >= 4 is 29.4 Å². The quantitative estimate of drug-likeness (QED) is 0.476. The molecule has 0 aromatic heterocycles. The molecule has 1 N–H and O–H groups in total. The molecule has 0 bridgehead atoms. The molecule has 0 atom stereocenters. The van der Waals surface area contributed by atoms with Crippen molar-refractivity contribution in [1.29, 1.82) is 0 Å². The van der Waals surface area contributed by atoms with Crippen LogP contribution in [-0.2, 0) is 16.1 Å². The number of hydrogen-bond acceptors (Lipinski definition) is 5. The summed E-state index contributed by atoms with van der Waals surface area (Å²) >= 11 is 0. The van der Waals surface area contributed by atoms with Crippen LogP contribution in [0.5, 0.6) is 0 Å². The van der Waals surface area contributed by atoms with Gasteiger partial charge in [-0.05, 0) is 35.9 Å². The molecule has 0 fully saturated rings. The second-order valence-corrected chi connectivity index (χ2v) is 7.05. The zero-order valence-corrected chi connectivity index (χ0v) is 16.7. The predicted octanol–water partition coefficient (Wildman–Crippen LogP) is 3.42. The molecular weight excluding hydrogens is 415 g/mol. The Bertz CT molecular complexity index is 1230. The van der Waals surface area contributed by atoms with Gasteiger partial charge in [0, 0.05) is 0 Å². The van der Waals surface area contributed by atoms with E-state index in [9.17, 15) is 23.6 Å². The highest BCUT2D eigenvalue weighted by Gasteiger charge is 2.36. The maximum Gasteiger partial charge on any atom is 0.338 e. The van der Waals surface area contributed by atoms with Gasteiger partial charge < -0.3 is 10.1 Å². The zero-order chi connectivity index (χ0) is 22.7. The van der Waals surface area contributed by atoms with Crippen molar-refractivity contribution in [1.82, 2.24) is 4.90 Å². The van der Waals surface area contributed by atoms with Gasteiger partial charge in [-0.1, -0.05) is 42.5 Å². The van der Waals surface area contributed by atoms with Gasteiger partial charge >= 0.3 is 5.97 Å². The molecule has 3 aromatic carbocycles. The number of fused-ring (bicyclic) bond motifs is 1. The number of amides is 3. The van der Waals surface area contributed by atoms with Crippen LogP contribution in [0.4, 0.5) is 10.1 Å². The molecule has 1 aliphatic rings. The summed E-state index contributed by atoms with van der Waals surface area (Å²) in [5, 5.41) is 2.30. The van der Waals surface area contributed by atoms with Crippen molar-refractivity contribution in [2.75, 3.05) is 11.9 Å². The fraction of sp³-hybridized carbons (Fsp3) is 0.0833. The molecule has 4 rings (SSSR count). The fourth-order valence-corrected chi connectivity index (χ4v) is 3.29. The average Bonchev–Trinajstić information content (AvgIpc) is 3.04. The number of hydrogen-bond donors (Lipinski definition) is 1. The first-order chi connectivity index (χ1) is 15.4. The number of imide groups is 1. The van der Waals surface area contributed by atoms with Crippen molar-refractivity contribution in [3.05, 3.63) is 101 Å². The molecule has 160 valence electrons. The number of para-hydroxylation sites is 1. The predicted molar refractivity (Wildman–Crippen MR) is 112 cm³/mol. The standard InChI is InChI=1S/C24H17FN2O5/c25-19-8-4-5-9-20(19)26-21(28)14-32-24(31)16-10-11-17-18(12-16)23(30)27(22(17)29)13-15-6-2-1-3-7-15/h1-12H,13-14H2,(H,26,28). The molecule has 0 saturated heterocycles. The van der Waals surface area contributed by atoms with Crippen molar-refractivity contribution < 1.29 is 28.3 Å². The lowest BCUT2D eigenvalue weighted by Crippen LogP contribution is -2.29. The normalized spacial score (nSPS) is 12.5. The van der Waals surface area contributed by atoms with Gasteiger partial charge in [0.15, 0.2) is 6.61 Å². The second-order valence-electron chi connectivity index (χ2n) is 7.05. The first-order valence-corrected chi connectivity index (χ1v) is 9.69. The molecule has 3 aromatic rings. The van der Waals surface area contributed by atoms with Crippen LogP contribution in [-0.4, -0.2) is 35.2 Å². The second kappa shape index (κ2) is 8.81. The minimum absolute atomic E-state index is 0.0187. The Balaban J connectivity index is 1.42. The van der Waals surface area contributed by atoms with E-state index in [1.54, 1.807) is 18.2 Å². The summed E-state index contributed by atoms with van der Waals surface area (Å²) in [7, 11) is 0. The number of rotatable bonds is 6. The third-order valence-corrected chi connectivity index (χ3v) is 4.87. The van der Waals surface area contributed by atoms with Crippen LogP contribution >= 0.6 is 0 Å². The lowest BCUT2D eigenvalue weighted by Gasteiger charge is -2.13. The SMILES string of the molecule is O=C(COC(=O)c1ccc2c(c1)C(=O)N(Cc1ccccc1)C2=O)Nc1ccccc1F. The Morgan fingerprint density at radius 2 is 1.56 bits per heavy atom. The van der Waals surface area contributed by atoms with E-state index in [0.29, 0.717) is 0 Å². The number of nitrogens with zero attached hydrogens (tertiary/aromatic N) is 1. The van der Waals surface area contributed by atoms with E-state index in [2.05, 4.69) is 5.32 Å². The summed E-state index contributed by atoms with van der Waals surface area (Å²) < 4.78 is 18.6. The molecule has 0 saturated carbocycles. The minimum Gasteiger partial charge on any atom is -0.452 e. The van der Waals surface area contributed by atoms with Crippen molar-refractivity contribution in [2.45, 2.75) is 6.54 Å². The molecule has 8 heteroatoms. The average molecular weight is 432 g/mol. The lowest BCUT2D eigenvalue weighted by molar-refractivity contribution is -0.119. The Kier molecular flexibility index (Phi) is 5.76. The monoisotopic (exact) mass is 432 g/mol. The Labute approximate surface area is 182 Å². The molecule has 0 unspecified atom stereocenters. The number of carbonyl (C=O) groups excluding carboxylic acids is 4. The largest absolute Gasteiger partial charge is 0.452 e. The molecule has 32 heavy (non-hydrogen) atoms. The highest BCUT2D eigenvalue weighted by molar-refractivity contribution is 6.21. The van der Waals surface area contributed by atoms with E-state index in [4.69, 9.17) is 4.74 Å². The smallest absolute Gasteiger partial charge is 0.338 e. The number of ether oxygens (including phenoxy) is 1. The van der Waals surface area contributed by atoms with Gasteiger partial charge in [-0.3, -0.25) is 19.3 Å². The maximum absolute atomic E-state index is 13.6. The summed E-state index contributed by atoms with van der Waals surface area (Å²) in [4.78, 5) is 50.7. The van der Waals surface area contributed by atoms with Crippen molar-refractivity contribution in [2.24, 2.45) is 0 Å². The molecular formula is C24H17FN2O5.